The molecule has 168 valence electrons. The van der Waals surface area contributed by atoms with Gasteiger partial charge < -0.3 is 20.3 Å². The third-order valence-electron chi connectivity index (χ3n) is 6.93. The number of nitrogens with zero attached hydrogens (tertiary/aromatic N) is 3. The highest BCUT2D eigenvalue weighted by atomic mass is 16.5. The van der Waals surface area contributed by atoms with Crippen LogP contribution in [0.4, 0.5) is 11.5 Å². The van der Waals surface area contributed by atoms with Gasteiger partial charge in [0.15, 0.2) is 5.82 Å². The van der Waals surface area contributed by atoms with Gasteiger partial charge in [0.2, 0.25) is 5.91 Å². The summed E-state index contributed by atoms with van der Waals surface area (Å²) in [4.78, 5) is 24.7. The highest BCUT2D eigenvalue weighted by Gasteiger charge is 2.47. The van der Waals surface area contributed by atoms with Crippen molar-refractivity contribution in [3.63, 3.8) is 0 Å². The first-order chi connectivity index (χ1) is 15.7. The second kappa shape index (κ2) is 8.81. The van der Waals surface area contributed by atoms with E-state index in [1.165, 1.54) is 12.8 Å². The monoisotopic (exact) mass is 433 g/mol. The second-order valence-corrected chi connectivity index (χ2v) is 9.02. The average Bonchev–Trinajstić information content (AvgIpc) is 3.49. The van der Waals surface area contributed by atoms with Crippen molar-refractivity contribution < 1.29 is 9.53 Å². The smallest absolute Gasteiger partial charge is 0.222 e. The molecule has 1 atom stereocenters. The zero-order chi connectivity index (χ0) is 22.0. The van der Waals surface area contributed by atoms with E-state index < -0.39 is 0 Å². The van der Waals surface area contributed by atoms with Crippen LogP contribution in [0.2, 0.25) is 0 Å². The first-order valence-electron chi connectivity index (χ1n) is 11.6. The minimum absolute atomic E-state index is 0.173. The van der Waals surface area contributed by atoms with E-state index in [1.54, 1.807) is 13.3 Å². The number of amides is 1. The van der Waals surface area contributed by atoms with Gasteiger partial charge in [-0.15, -0.1) is 0 Å². The van der Waals surface area contributed by atoms with Crippen molar-refractivity contribution in [2.75, 3.05) is 30.8 Å². The normalized spacial score (nSPS) is 23.8. The van der Waals surface area contributed by atoms with Crippen LogP contribution in [-0.2, 0) is 11.2 Å². The van der Waals surface area contributed by atoms with Crippen molar-refractivity contribution in [3.8, 4) is 5.75 Å². The quantitative estimate of drug-likeness (QED) is 0.748. The number of para-hydroxylation sites is 1. The number of benzene rings is 1. The molecule has 7 nitrogen and oxygen atoms in total. The third kappa shape index (κ3) is 4.04. The van der Waals surface area contributed by atoms with Crippen LogP contribution < -0.4 is 15.4 Å². The Morgan fingerprint density at radius 2 is 2.09 bits per heavy atom. The fraction of sp³-hybridized carbons (Fsp3) is 0.480. The third-order valence-corrected chi connectivity index (χ3v) is 6.93. The molecule has 1 amide bonds. The molecule has 5 rings (SSSR count). The van der Waals surface area contributed by atoms with E-state index in [-0.39, 0.29) is 11.4 Å². The molecule has 1 aromatic heterocycles. The molecule has 7 heteroatoms. The van der Waals surface area contributed by atoms with Crippen LogP contribution in [-0.4, -0.2) is 53.4 Å². The zero-order valence-corrected chi connectivity index (χ0v) is 18.6. The van der Waals surface area contributed by atoms with E-state index in [9.17, 15) is 4.79 Å². The molecule has 0 radical (unpaired) electrons. The van der Waals surface area contributed by atoms with E-state index in [4.69, 9.17) is 9.73 Å². The Morgan fingerprint density at radius 1 is 1.25 bits per heavy atom. The number of ether oxygens (including phenoxy) is 1. The molecule has 2 aliphatic heterocycles. The number of aromatic nitrogens is 1. The summed E-state index contributed by atoms with van der Waals surface area (Å²) in [5.41, 5.74) is 1.66. The lowest BCUT2D eigenvalue weighted by Crippen LogP contribution is -2.55. The number of fused-ring (bicyclic) bond motifs is 1. The number of amidine groups is 1. The summed E-state index contributed by atoms with van der Waals surface area (Å²) in [7, 11) is 1.67. The number of nitrogens with one attached hydrogen (secondary N) is 2. The summed E-state index contributed by atoms with van der Waals surface area (Å²) in [5.74, 6) is 2.77. The van der Waals surface area contributed by atoms with Crippen LogP contribution in [0.5, 0.6) is 5.75 Å². The molecule has 32 heavy (non-hydrogen) atoms. The van der Waals surface area contributed by atoms with Crippen molar-refractivity contribution in [2.24, 2.45) is 4.99 Å². The number of aliphatic imine (C=N–C) groups is 1. The number of likely N-dealkylation sites (tertiary alicyclic amines) is 1. The van der Waals surface area contributed by atoms with Gasteiger partial charge >= 0.3 is 0 Å². The standard InChI is InChI=1S/C25H31N5O2/c1-32-21-11-5-2-7-18(21)12-13-22(31)30-16-14-25(17-30)24(27-19-8-3-4-9-19)28-23-20(29-25)10-6-15-26-23/h2,5-7,10-11,15,19,29H,3-4,8-9,12-14,16-17H2,1H3,(H,26,27,28). The number of anilines is 2. The molecule has 3 aliphatic rings. The SMILES string of the molecule is COc1ccccc1CCC(=O)N1CCC2(C1)Nc1cccnc1NC2=NC1CCCC1. The van der Waals surface area contributed by atoms with Crippen LogP contribution in [0.3, 0.4) is 0 Å². The molecule has 1 aliphatic carbocycles. The van der Waals surface area contributed by atoms with E-state index in [0.29, 0.717) is 25.4 Å². The lowest BCUT2D eigenvalue weighted by atomic mass is 9.93. The Balaban J connectivity index is 1.33. The first-order valence-corrected chi connectivity index (χ1v) is 11.6. The van der Waals surface area contributed by atoms with Gasteiger partial charge in [0.25, 0.3) is 0 Å². The number of methoxy groups -OCH3 is 1. The Kier molecular flexibility index (Phi) is 5.72. The van der Waals surface area contributed by atoms with Gasteiger partial charge in [-0.05, 0) is 49.4 Å². The number of carbonyl (C=O) groups is 1. The summed E-state index contributed by atoms with van der Waals surface area (Å²) >= 11 is 0. The number of hydrogen-bond donors (Lipinski definition) is 2. The summed E-state index contributed by atoms with van der Waals surface area (Å²) in [6.07, 6.45) is 8.52. The van der Waals surface area contributed by atoms with Crippen molar-refractivity contribution in [1.82, 2.24) is 9.88 Å². The topological polar surface area (TPSA) is 78.8 Å². The Bertz CT molecular complexity index is 1020. The van der Waals surface area contributed by atoms with Gasteiger partial charge in [0.05, 0.1) is 25.4 Å². The summed E-state index contributed by atoms with van der Waals surface area (Å²) in [5, 5.41) is 7.21. The van der Waals surface area contributed by atoms with Gasteiger partial charge in [-0.3, -0.25) is 9.79 Å². The number of hydrogen-bond acceptors (Lipinski definition) is 5. The fourth-order valence-electron chi connectivity index (χ4n) is 5.15. The molecule has 2 N–H and O–H groups in total. The van der Waals surface area contributed by atoms with E-state index in [2.05, 4.69) is 15.6 Å². The Morgan fingerprint density at radius 3 is 2.94 bits per heavy atom. The molecule has 2 fully saturated rings. The van der Waals surface area contributed by atoms with Gasteiger partial charge in [-0.1, -0.05) is 31.0 Å². The largest absolute Gasteiger partial charge is 0.496 e. The predicted octanol–water partition coefficient (Wildman–Crippen LogP) is 3.87. The summed E-state index contributed by atoms with van der Waals surface area (Å²) in [6, 6.07) is 12.2. The maximum Gasteiger partial charge on any atom is 0.222 e. The average molecular weight is 434 g/mol. The zero-order valence-electron chi connectivity index (χ0n) is 18.6. The second-order valence-electron chi connectivity index (χ2n) is 9.02. The summed E-state index contributed by atoms with van der Waals surface area (Å²) in [6.45, 7) is 1.34. The van der Waals surface area contributed by atoms with Crippen LogP contribution in [0.1, 0.15) is 44.1 Å². The van der Waals surface area contributed by atoms with E-state index >= 15 is 0 Å². The molecular weight excluding hydrogens is 402 g/mol. The van der Waals surface area contributed by atoms with Crippen LogP contribution in [0.15, 0.2) is 47.6 Å². The lowest BCUT2D eigenvalue weighted by molar-refractivity contribution is -0.130. The summed E-state index contributed by atoms with van der Waals surface area (Å²) < 4.78 is 5.44. The van der Waals surface area contributed by atoms with E-state index in [0.717, 1.165) is 54.5 Å². The van der Waals surface area contributed by atoms with Crippen molar-refractivity contribution in [1.29, 1.82) is 0 Å². The van der Waals surface area contributed by atoms with Gasteiger partial charge in [-0.2, -0.15) is 0 Å². The maximum atomic E-state index is 13.1. The number of rotatable bonds is 5. The molecule has 1 aromatic carbocycles. The number of pyridine rings is 1. The van der Waals surface area contributed by atoms with Crippen molar-refractivity contribution >= 4 is 23.2 Å². The van der Waals surface area contributed by atoms with Crippen molar-refractivity contribution in [3.05, 3.63) is 48.2 Å². The minimum atomic E-state index is -0.376. The molecule has 1 saturated heterocycles. The number of carbonyl (C=O) groups excluding carboxylic acids is 1. The Labute approximate surface area is 189 Å². The molecule has 0 bridgehead atoms. The number of aryl methyl sites for hydroxylation is 1. The first kappa shape index (κ1) is 20.8. The fourth-order valence-corrected chi connectivity index (χ4v) is 5.15. The van der Waals surface area contributed by atoms with Crippen molar-refractivity contribution in [2.45, 2.75) is 56.5 Å². The van der Waals surface area contributed by atoms with E-state index in [1.807, 2.05) is 41.3 Å². The highest BCUT2D eigenvalue weighted by Crippen LogP contribution is 2.36. The van der Waals surface area contributed by atoms with Gasteiger partial charge in [0, 0.05) is 19.2 Å². The lowest BCUT2D eigenvalue weighted by Gasteiger charge is -2.38. The highest BCUT2D eigenvalue weighted by molar-refractivity contribution is 6.09. The molecule has 1 saturated carbocycles. The Hall–Kier alpha value is -3.09. The van der Waals surface area contributed by atoms with Gasteiger partial charge in [0.1, 0.15) is 17.1 Å². The molecular formula is C25H31N5O2. The molecule has 1 unspecified atom stereocenters. The predicted molar refractivity (Wildman–Crippen MR) is 126 cm³/mol. The molecule has 3 heterocycles. The molecule has 2 aromatic rings. The van der Waals surface area contributed by atoms with Crippen LogP contribution in [0, 0.1) is 0 Å². The van der Waals surface area contributed by atoms with Crippen LogP contribution >= 0.6 is 0 Å². The maximum absolute atomic E-state index is 13.1. The van der Waals surface area contributed by atoms with Crippen LogP contribution in [0.25, 0.3) is 0 Å². The molecule has 1 spiro atoms. The minimum Gasteiger partial charge on any atom is -0.496 e. The van der Waals surface area contributed by atoms with Gasteiger partial charge in [-0.25, -0.2) is 4.98 Å².